The summed E-state index contributed by atoms with van der Waals surface area (Å²) in [6.45, 7) is 2.20. The maximum absolute atomic E-state index is 11.7. The number of carbonyl (C=O) groups is 1. The molecule has 1 aromatic carbocycles. The molecule has 1 aromatic rings. The molecular formula is C15H19BrN2O2. The Bertz CT molecular complexity index is 485. The Labute approximate surface area is 127 Å². The van der Waals surface area contributed by atoms with E-state index in [1.807, 2.05) is 24.3 Å². The molecule has 4 nitrogen and oxygen atoms in total. The summed E-state index contributed by atoms with van der Waals surface area (Å²) in [5, 5.41) is 4.19. The van der Waals surface area contributed by atoms with Crippen molar-refractivity contribution < 1.29 is 9.53 Å². The Balaban J connectivity index is 1.75. The molecule has 1 saturated carbocycles. The molecule has 1 atom stereocenters. The molecule has 20 heavy (non-hydrogen) atoms. The zero-order valence-electron chi connectivity index (χ0n) is 11.6. The van der Waals surface area contributed by atoms with Gasteiger partial charge in [-0.1, -0.05) is 22.9 Å². The summed E-state index contributed by atoms with van der Waals surface area (Å²) in [4.78, 5) is 11.7. The van der Waals surface area contributed by atoms with E-state index < -0.39 is 0 Å². The van der Waals surface area contributed by atoms with Gasteiger partial charge in [-0.3, -0.25) is 4.79 Å². The molecule has 1 aliphatic carbocycles. The highest BCUT2D eigenvalue weighted by molar-refractivity contribution is 9.10. The van der Waals surface area contributed by atoms with Gasteiger partial charge in [0, 0.05) is 10.2 Å². The Morgan fingerprint density at radius 1 is 1.45 bits per heavy atom. The van der Waals surface area contributed by atoms with E-state index in [0.29, 0.717) is 11.7 Å². The number of hydrogen-bond donors (Lipinski definition) is 1. The van der Waals surface area contributed by atoms with Gasteiger partial charge in [0.25, 0.3) is 5.91 Å². The lowest BCUT2D eigenvalue weighted by Crippen LogP contribution is -2.26. The predicted molar refractivity (Wildman–Crippen MR) is 82.8 cm³/mol. The van der Waals surface area contributed by atoms with Crippen LogP contribution in [0.2, 0.25) is 0 Å². The van der Waals surface area contributed by atoms with Crippen LogP contribution in [0.25, 0.3) is 0 Å². The highest BCUT2D eigenvalue weighted by Crippen LogP contribution is 2.21. The van der Waals surface area contributed by atoms with Crippen LogP contribution in [-0.4, -0.2) is 18.2 Å². The van der Waals surface area contributed by atoms with Gasteiger partial charge in [-0.2, -0.15) is 5.10 Å². The van der Waals surface area contributed by atoms with Crippen LogP contribution in [0.15, 0.2) is 33.8 Å². The summed E-state index contributed by atoms with van der Waals surface area (Å²) in [5.41, 5.74) is 3.65. The molecule has 1 fully saturated rings. The fourth-order valence-corrected chi connectivity index (χ4v) is 2.48. The zero-order valence-corrected chi connectivity index (χ0v) is 13.1. The molecule has 0 saturated heterocycles. The quantitative estimate of drug-likeness (QED) is 0.854. The lowest BCUT2D eigenvalue weighted by molar-refractivity contribution is -0.123. The molecule has 1 aliphatic rings. The first kappa shape index (κ1) is 15.0. The minimum atomic E-state index is -0.223. The third-order valence-corrected chi connectivity index (χ3v) is 3.80. The van der Waals surface area contributed by atoms with E-state index >= 15 is 0 Å². The number of ether oxygens (including phenoxy) is 1. The van der Waals surface area contributed by atoms with Gasteiger partial charge < -0.3 is 4.74 Å². The van der Waals surface area contributed by atoms with Crippen molar-refractivity contribution in [3.63, 3.8) is 0 Å². The molecule has 0 aromatic heterocycles. The van der Waals surface area contributed by atoms with Crippen LogP contribution < -0.4 is 10.2 Å². The Kier molecular flexibility index (Phi) is 5.59. The lowest BCUT2D eigenvalue weighted by atomic mass is 9.89. The van der Waals surface area contributed by atoms with Crippen molar-refractivity contribution in [2.75, 3.05) is 6.61 Å². The SMILES string of the molecule is C[C@@H]1CCC/C(=N/NC(=O)COc2ccc(Br)cc2)C1. The van der Waals surface area contributed by atoms with E-state index in [2.05, 4.69) is 33.4 Å². The standard InChI is InChI=1S/C15H19BrN2O2/c1-11-3-2-4-13(9-11)17-18-15(19)10-20-14-7-5-12(16)6-8-14/h5-8,11H,2-4,9-10H2,1H3,(H,18,19)/b17-13-/t11-/m1/s1. The Morgan fingerprint density at radius 2 is 2.20 bits per heavy atom. The molecule has 5 heteroatoms. The number of halogens is 1. The summed E-state index contributed by atoms with van der Waals surface area (Å²) >= 11 is 3.35. The van der Waals surface area contributed by atoms with Crippen molar-refractivity contribution in [1.29, 1.82) is 0 Å². The van der Waals surface area contributed by atoms with Crippen molar-refractivity contribution in [3.8, 4) is 5.75 Å². The van der Waals surface area contributed by atoms with Gasteiger partial charge in [0.15, 0.2) is 6.61 Å². The molecule has 0 bridgehead atoms. The lowest BCUT2D eigenvalue weighted by Gasteiger charge is -2.18. The number of hydrazone groups is 1. The number of carbonyl (C=O) groups excluding carboxylic acids is 1. The minimum Gasteiger partial charge on any atom is -0.484 e. The fourth-order valence-electron chi connectivity index (χ4n) is 2.22. The third-order valence-electron chi connectivity index (χ3n) is 3.27. The van der Waals surface area contributed by atoms with E-state index in [0.717, 1.165) is 29.4 Å². The molecule has 0 spiro atoms. The summed E-state index contributed by atoms with van der Waals surface area (Å²) in [6.07, 6.45) is 4.37. The van der Waals surface area contributed by atoms with Gasteiger partial charge >= 0.3 is 0 Å². The first-order valence-electron chi connectivity index (χ1n) is 6.86. The van der Waals surface area contributed by atoms with Crippen molar-refractivity contribution in [1.82, 2.24) is 5.43 Å². The molecule has 1 amide bonds. The number of hydrogen-bond acceptors (Lipinski definition) is 3. The molecule has 108 valence electrons. The topological polar surface area (TPSA) is 50.7 Å². The third kappa shape index (κ3) is 4.96. The van der Waals surface area contributed by atoms with Gasteiger partial charge in [-0.25, -0.2) is 5.43 Å². The second-order valence-corrected chi connectivity index (χ2v) is 6.07. The van der Waals surface area contributed by atoms with Crippen molar-refractivity contribution in [2.45, 2.75) is 32.6 Å². The van der Waals surface area contributed by atoms with Crippen molar-refractivity contribution >= 4 is 27.5 Å². The zero-order chi connectivity index (χ0) is 14.4. The average molecular weight is 339 g/mol. The summed E-state index contributed by atoms with van der Waals surface area (Å²) in [6, 6.07) is 7.37. The van der Waals surface area contributed by atoms with Crippen LogP contribution in [0.3, 0.4) is 0 Å². The maximum Gasteiger partial charge on any atom is 0.277 e. The van der Waals surface area contributed by atoms with Crippen molar-refractivity contribution in [2.24, 2.45) is 11.0 Å². The van der Waals surface area contributed by atoms with E-state index in [4.69, 9.17) is 4.74 Å². The highest BCUT2D eigenvalue weighted by Gasteiger charge is 2.14. The monoisotopic (exact) mass is 338 g/mol. The molecule has 0 unspecified atom stereocenters. The number of amides is 1. The van der Waals surface area contributed by atoms with E-state index in [1.165, 1.54) is 6.42 Å². The first-order chi connectivity index (χ1) is 9.63. The first-order valence-corrected chi connectivity index (χ1v) is 7.65. The number of nitrogens with one attached hydrogen (secondary N) is 1. The van der Waals surface area contributed by atoms with E-state index in [-0.39, 0.29) is 12.5 Å². The minimum absolute atomic E-state index is 0.0199. The molecule has 1 N–H and O–H groups in total. The van der Waals surface area contributed by atoms with Gasteiger partial charge in [0.1, 0.15) is 5.75 Å². The molecule has 0 aliphatic heterocycles. The number of nitrogens with zero attached hydrogens (tertiary/aromatic N) is 1. The van der Waals surface area contributed by atoms with E-state index in [9.17, 15) is 4.79 Å². The van der Waals surface area contributed by atoms with Crippen LogP contribution in [0.1, 0.15) is 32.6 Å². The second kappa shape index (κ2) is 7.43. The second-order valence-electron chi connectivity index (χ2n) is 5.16. The highest BCUT2D eigenvalue weighted by atomic mass is 79.9. The van der Waals surface area contributed by atoms with Crippen molar-refractivity contribution in [3.05, 3.63) is 28.7 Å². The number of rotatable bonds is 4. The summed E-state index contributed by atoms with van der Waals surface area (Å²) < 4.78 is 6.36. The summed E-state index contributed by atoms with van der Waals surface area (Å²) in [7, 11) is 0. The molecule has 0 radical (unpaired) electrons. The van der Waals surface area contributed by atoms with Crippen LogP contribution in [0.5, 0.6) is 5.75 Å². The average Bonchev–Trinajstić information content (AvgIpc) is 2.45. The van der Waals surface area contributed by atoms with Crippen LogP contribution in [0, 0.1) is 5.92 Å². The Hall–Kier alpha value is -1.36. The van der Waals surface area contributed by atoms with Gasteiger partial charge in [-0.05, 0) is 55.9 Å². The largest absolute Gasteiger partial charge is 0.484 e. The van der Waals surface area contributed by atoms with Gasteiger partial charge in [0.2, 0.25) is 0 Å². The molecule has 2 rings (SSSR count). The summed E-state index contributed by atoms with van der Waals surface area (Å²) in [5.74, 6) is 1.11. The van der Waals surface area contributed by atoms with Crippen LogP contribution >= 0.6 is 15.9 Å². The fraction of sp³-hybridized carbons (Fsp3) is 0.467. The number of benzene rings is 1. The van der Waals surface area contributed by atoms with Crippen LogP contribution in [0.4, 0.5) is 0 Å². The smallest absolute Gasteiger partial charge is 0.277 e. The van der Waals surface area contributed by atoms with E-state index in [1.54, 1.807) is 0 Å². The maximum atomic E-state index is 11.7. The van der Waals surface area contributed by atoms with Gasteiger partial charge in [-0.15, -0.1) is 0 Å². The molecular weight excluding hydrogens is 320 g/mol. The predicted octanol–water partition coefficient (Wildman–Crippen LogP) is 3.51. The normalized spacial score (nSPS) is 20.7. The Morgan fingerprint density at radius 3 is 2.90 bits per heavy atom. The van der Waals surface area contributed by atoms with Crippen LogP contribution in [-0.2, 0) is 4.79 Å². The van der Waals surface area contributed by atoms with Gasteiger partial charge in [0.05, 0.1) is 0 Å². The molecule has 0 heterocycles.